The van der Waals surface area contributed by atoms with Crippen molar-refractivity contribution >= 4 is 35.6 Å². The number of amides is 4. The Morgan fingerprint density at radius 1 is 0.824 bits per heavy atom. The Morgan fingerprint density at radius 2 is 1.32 bits per heavy atom. The van der Waals surface area contributed by atoms with Gasteiger partial charge < -0.3 is 44.0 Å². The van der Waals surface area contributed by atoms with Crippen LogP contribution in [0.4, 0.5) is 0 Å². The minimum atomic E-state index is -1.26. The molecule has 4 amide bonds. The summed E-state index contributed by atoms with van der Waals surface area (Å²) in [7, 11) is 0. The molecule has 0 aromatic carbocycles. The number of aliphatic imine (C=N–C) groups is 1. The first kappa shape index (κ1) is 30.6. The number of hydrogen-bond acceptors (Lipinski definition) is 7. The van der Waals surface area contributed by atoms with E-state index in [1.807, 2.05) is 0 Å². The predicted molar refractivity (Wildman–Crippen MR) is 125 cm³/mol. The zero-order valence-corrected chi connectivity index (χ0v) is 19.9. The van der Waals surface area contributed by atoms with Gasteiger partial charge in [-0.15, -0.1) is 0 Å². The van der Waals surface area contributed by atoms with Crippen LogP contribution < -0.4 is 38.9 Å². The lowest BCUT2D eigenvalue weighted by molar-refractivity contribution is -0.143. The van der Waals surface area contributed by atoms with Crippen molar-refractivity contribution in [2.24, 2.45) is 33.8 Å². The van der Waals surface area contributed by atoms with Crippen molar-refractivity contribution in [2.45, 2.75) is 77.0 Å². The topological polar surface area (TPSA) is 258 Å². The standard InChI is InChI=1S/C20H38N8O6/c1-10(2)9-14(19(33)34)28-18(32)13(6-7-15(22)29)27-17(31)12(26-16(30)11(3)21)5-4-8-25-20(23)24/h10-14H,4-9,21H2,1-3H3,(H2,22,29)(H,26,30)(H,27,31)(H,28,32)(H,33,34)(H4,23,24,25). The van der Waals surface area contributed by atoms with Crippen molar-refractivity contribution in [3.8, 4) is 0 Å². The van der Waals surface area contributed by atoms with E-state index >= 15 is 0 Å². The van der Waals surface area contributed by atoms with Crippen LogP contribution in [0, 0.1) is 5.92 Å². The Morgan fingerprint density at radius 3 is 1.76 bits per heavy atom. The molecule has 0 saturated heterocycles. The van der Waals surface area contributed by atoms with Gasteiger partial charge in [-0.2, -0.15) is 0 Å². The van der Waals surface area contributed by atoms with E-state index in [0.29, 0.717) is 6.42 Å². The van der Waals surface area contributed by atoms with E-state index in [2.05, 4.69) is 20.9 Å². The van der Waals surface area contributed by atoms with E-state index in [0.717, 1.165) is 0 Å². The highest BCUT2D eigenvalue weighted by molar-refractivity contribution is 5.94. The second kappa shape index (κ2) is 15.4. The number of nitrogens with one attached hydrogen (secondary N) is 3. The molecule has 0 aliphatic carbocycles. The highest BCUT2D eigenvalue weighted by Gasteiger charge is 2.30. The first-order valence-corrected chi connectivity index (χ1v) is 11.0. The summed E-state index contributed by atoms with van der Waals surface area (Å²) in [6.45, 7) is 5.22. The summed E-state index contributed by atoms with van der Waals surface area (Å²) >= 11 is 0. The maximum Gasteiger partial charge on any atom is 0.326 e. The van der Waals surface area contributed by atoms with E-state index in [9.17, 15) is 29.1 Å². The Balaban J connectivity index is 5.55. The maximum atomic E-state index is 12.9. The van der Waals surface area contributed by atoms with Crippen molar-refractivity contribution in [1.29, 1.82) is 0 Å². The third-order valence-corrected chi connectivity index (χ3v) is 4.63. The predicted octanol–water partition coefficient (Wildman–Crippen LogP) is -2.76. The molecule has 0 heterocycles. The van der Waals surface area contributed by atoms with Crippen molar-refractivity contribution in [2.75, 3.05) is 6.54 Å². The molecule has 12 N–H and O–H groups in total. The van der Waals surface area contributed by atoms with Crippen LogP contribution in [0.15, 0.2) is 4.99 Å². The number of rotatable bonds is 16. The monoisotopic (exact) mass is 486 g/mol. The van der Waals surface area contributed by atoms with Gasteiger partial charge >= 0.3 is 5.97 Å². The lowest BCUT2D eigenvalue weighted by Crippen LogP contribution is -2.57. The molecule has 0 fully saturated rings. The molecular formula is C20H38N8O6. The molecule has 34 heavy (non-hydrogen) atoms. The molecule has 0 aromatic rings. The third kappa shape index (κ3) is 13.2. The molecule has 0 aliphatic heterocycles. The molecule has 0 aliphatic rings. The smallest absolute Gasteiger partial charge is 0.326 e. The van der Waals surface area contributed by atoms with Crippen LogP contribution in [-0.4, -0.2) is 71.4 Å². The van der Waals surface area contributed by atoms with E-state index < -0.39 is 53.8 Å². The fourth-order valence-corrected chi connectivity index (χ4v) is 2.87. The van der Waals surface area contributed by atoms with Gasteiger partial charge in [0.2, 0.25) is 23.6 Å². The Labute approximate surface area is 198 Å². The minimum Gasteiger partial charge on any atom is -0.480 e. The van der Waals surface area contributed by atoms with Crippen molar-refractivity contribution in [3.63, 3.8) is 0 Å². The minimum absolute atomic E-state index is 0.0249. The maximum absolute atomic E-state index is 12.9. The number of primary amides is 1. The molecule has 194 valence electrons. The number of aliphatic carboxylic acids is 1. The highest BCUT2D eigenvalue weighted by Crippen LogP contribution is 2.08. The van der Waals surface area contributed by atoms with Gasteiger partial charge in [0.1, 0.15) is 18.1 Å². The van der Waals surface area contributed by atoms with Crippen molar-refractivity contribution in [3.05, 3.63) is 0 Å². The number of carboxylic acids is 1. The van der Waals surface area contributed by atoms with Crippen LogP contribution >= 0.6 is 0 Å². The summed E-state index contributed by atoms with van der Waals surface area (Å²) < 4.78 is 0. The average Bonchev–Trinajstić information content (AvgIpc) is 2.71. The number of nitrogens with zero attached hydrogens (tertiary/aromatic N) is 1. The van der Waals surface area contributed by atoms with Crippen LogP contribution in [0.25, 0.3) is 0 Å². The molecule has 14 nitrogen and oxygen atoms in total. The van der Waals surface area contributed by atoms with Gasteiger partial charge in [0.25, 0.3) is 0 Å². The molecule has 0 saturated carbocycles. The van der Waals surface area contributed by atoms with Crippen LogP contribution in [0.5, 0.6) is 0 Å². The molecule has 0 bridgehead atoms. The summed E-state index contributed by atoms with van der Waals surface area (Å²) in [5, 5.41) is 16.7. The number of hydrogen-bond donors (Lipinski definition) is 8. The summed E-state index contributed by atoms with van der Waals surface area (Å²) in [4.78, 5) is 64.3. The first-order valence-electron chi connectivity index (χ1n) is 11.0. The van der Waals surface area contributed by atoms with Gasteiger partial charge in [-0.1, -0.05) is 13.8 Å². The summed E-state index contributed by atoms with van der Waals surface area (Å²) in [6.07, 6.45) is 0.207. The van der Waals surface area contributed by atoms with Crippen molar-refractivity contribution < 1.29 is 29.1 Å². The number of nitrogens with two attached hydrogens (primary N) is 4. The largest absolute Gasteiger partial charge is 0.480 e. The molecule has 4 atom stereocenters. The summed E-state index contributed by atoms with van der Waals surface area (Å²) in [6, 6.07) is -4.42. The quantitative estimate of drug-likeness (QED) is 0.0637. The molecule has 0 rings (SSSR count). The van der Waals surface area contributed by atoms with Gasteiger partial charge in [0.05, 0.1) is 6.04 Å². The highest BCUT2D eigenvalue weighted by atomic mass is 16.4. The lowest BCUT2D eigenvalue weighted by atomic mass is 10.0. The summed E-state index contributed by atoms with van der Waals surface area (Å²) in [5.41, 5.74) is 21.3. The Bertz CT molecular complexity index is 751. The zero-order valence-electron chi connectivity index (χ0n) is 19.9. The van der Waals surface area contributed by atoms with E-state index in [1.165, 1.54) is 6.92 Å². The van der Waals surface area contributed by atoms with E-state index in [4.69, 9.17) is 22.9 Å². The molecule has 0 spiro atoms. The van der Waals surface area contributed by atoms with Crippen LogP contribution in [0.1, 0.15) is 52.9 Å². The van der Waals surface area contributed by atoms with Gasteiger partial charge in [-0.05, 0) is 38.5 Å². The lowest BCUT2D eigenvalue weighted by Gasteiger charge is -2.25. The van der Waals surface area contributed by atoms with Crippen LogP contribution in [0.2, 0.25) is 0 Å². The molecule has 14 heteroatoms. The molecule has 0 aromatic heterocycles. The van der Waals surface area contributed by atoms with Crippen LogP contribution in [-0.2, 0) is 24.0 Å². The van der Waals surface area contributed by atoms with Gasteiger partial charge in [-0.3, -0.25) is 24.2 Å². The van der Waals surface area contributed by atoms with Crippen LogP contribution in [0.3, 0.4) is 0 Å². The SMILES string of the molecule is CC(C)CC(NC(=O)C(CCC(N)=O)NC(=O)C(CCCN=C(N)N)NC(=O)C(C)N)C(=O)O. The second-order valence-electron chi connectivity index (χ2n) is 8.39. The fourth-order valence-electron chi connectivity index (χ4n) is 2.87. The number of guanidine groups is 1. The number of carbonyl (C=O) groups excluding carboxylic acids is 4. The summed E-state index contributed by atoms with van der Waals surface area (Å²) in [5.74, 6) is -4.20. The number of carboxylic acid groups (broad SMARTS) is 1. The average molecular weight is 487 g/mol. The first-order chi connectivity index (χ1) is 15.7. The van der Waals surface area contributed by atoms with E-state index in [-0.39, 0.29) is 44.1 Å². The van der Waals surface area contributed by atoms with E-state index in [1.54, 1.807) is 13.8 Å². The van der Waals surface area contributed by atoms with Gasteiger partial charge in [0, 0.05) is 13.0 Å². The normalized spacial score (nSPS) is 14.3. The molecule has 4 unspecified atom stereocenters. The Hall–Kier alpha value is -3.42. The second-order valence-corrected chi connectivity index (χ2v) is 8.39. The number of carbonyl (C=O) groups is 5. The molecule has 0 radical (unpaired) electrons. The van der Waals surface area contributed by atoms with Gasteiger partial charge in [0.15, 0.2) is 5.96 Å². The van der Waals surface area contributed by atoms with Crippen molar-refractivity contribution in [1.82, 2.24) is 16.0 Å². The Kier molecular flexibility index (Phi) is 13.9. The third-order valence-electron chi connectivity index (χ3n) is 4.63. The molecular weight excluding hydrogens is 448 g/mol. The zero-order chi connectivity index (χ0) is 26.4. The van der Waals surface area contributed by atoms with Gasteiger partial charge in [-0.25, -0.2) is 4.79 Å². The fraction of sp³-hybridized carbons (Fsp3) is 0.700.